The third-order valence-electron chi connectivity index (χ3n) is 4.67. The summed E-state index contributed by atoms with van der Waals surface area (Å²) in [7, 11) is 0. The Kier molecular flexibility index (Phi) is 7.05. The smallest absolute Gasteiger partial charge is 0.251 e. The van der Waals surface area contributed by atoms with Crippen molar-refractivity contribution >= 4 is 33.4 Å². The Balaban J connectivity index is 2.11. The fourth-order valence-electron chi connectivity index (χ4n) is 2.82. The topological polar surface area (TPSA) is 58.2 Å². The summed E-state index contributed by atoms with van der Waals surface area (Å²) in [5.74, 6) is -0.521. The Hall–Kier alpha value is -2.14. The van der Waals surface area contributed by atoms with Crippen LogP contribution < -0.4 is 10.6 Å². The average molecular weight is 445 g/mol. The number of anilines is 1. The van der Waals surface area contributed by atoms with Gasteiger partial charge in [-0.05, 0) is 59.7 Å². The molecule has 0 saturated carbocycles. The van der Waals surface area contributed by atoms with E-state index in [1.54, 1.807) is 0 Å². The monoisotopic (exact) mass is 444 g/mol. The number of benzene rings is 2. The molecule has 1 atom stereocenters. The highest BCUT2D eigenvalue weighted by molar-refractivity contribution is 9.10. The molecule has 0 heterocycles. The van der Waals surface area contributed by atoms with Crippen molar-refractivity contribution in [3.05, 3.63) is 63.6 Å². The van der Waals surface area contributed by atoms with Crippen LogP contribution in [0.4, 0.5) is 5.69 Å². The second-order valence-corrected chi connectivity index (χ2v) is 9.33. The summed E-state index contributed by atoms with van der Waals surface area (Å²) in [6.07, 6.45) is 0. The predicted octanol–water partition coefficient (Wildman–Crippen LogP) is 5.45. The Labute approximate surface area is 176 Å². The molecule has 0 aliphatic heterocycles. The van der Waals surface area contributed by atoms with E-state index in [1.165, 1.54) is 0 Å². The van der Waals surface area contributed by atoms with Gasteiger partial charge in [0.25, 0.3) is 5.91 Å². The molecule has 0 aliphatic carbocycles. The molecule has 0 fully saturated rings. The zero-order valence-corrected chi connectivity index (χ0v) is 19.0. The Morgan fingerprint density at radius 1 is 1.00 bits per heavy atom. The van der Waals surface area contributed by atoms with Gasteiger partial charge < -0.3 is 10.6 Å². The molecule has 0 aromatic heterocycles. The molecule has 2 aromatic rings. The molecule has 0 aliphatic rings. The van der Waals surface area contributed by atoms with Crippen molar-refractivity contribution in [1.82, 2.24) is 5.32 Å². The third kappa shape index (κ3) is 5.68. The van der Waals surface area contributed by atoms with Crippen LogP contribution in [0.1, 0.15) is 56.1 Å². The van der Waals surface area contributed by atoms with Gasteiger partial charge in [0.15, 0.2) is 0 Å². The highest BCUT2D eigenvalue weighted by atomic mass is 79.9. The maximum atomic E-state index is 12.8. The standard InChI is InChI=1S/C23H29BrN2O2/c1-14(2)20(22(28)25-18-11-12-19(24)15(3)13-18)26-21(27)16-7-9-17(10-8-16)23(4,5)6/h7-14,20H,1-6H3,(H,25,28)(H,26,27)/t20-/m0/s1. The van der Waals surface area contributed by atoms with Crippen molar-refractivity contribution in [2.45, 2.75) is 53.0 Å². The number of aryl methyl sites for hydroxylation is 1. The molecule has 0 saturated heterocycles. The van der Waals surface area contributed by atoms with Crippen molar-refractivity contribution in [1.29, 1.82) is 0 Å². The van der Waals surface area contributed by atoms with E-state index in [4.69, 9.17) is 0 Å². The van der Waals surface area contributed by atoms with Crippen LogP contribution >= 0.6 is 15.9 Å². The van der Waals surface area contributed by atoms with E-state index in [2.05, 4.69) is 47.3 Å². The number of hydrogen-bond donors (Lipinski definition) is 2. The quantitative estimate of drug-likeness (QED) is 0.643. The SMILES string of the molecule is Cc1cc(NC(=O)[C@@H](NC(=O)c2ccc(C(C)(C)C)cc2)C(C)C)ccc1Br. The molecule has 0 bridgehead atoms. The Morgan fingerprint density at radius 3 is 2.11 bits per heavy atom. The number of carbonyl (C=O) groups excluding carboxylic acids is 2. The zero-order chi connectivity index (χ0) is 21.1. The summed E-state index contributed by atoms with van der Waals surface area (Å²) >= 11 is 3.45. The van der Waals surface area contributed by atoms with Crippen molar-refractivity contribution in [3.8, 4) is 0 Å². The minimum Gasteiger partial charge on any atom is -0.340 e. The van der Waals surface area contributed by atoms with E-state index >= 15 is 0 Å². The van der Waals surface area contributed by atoms with Crippen molar-refractivity contribution < 1.29 is 9.59 Å². The van der Waals surface area contributed by atoms with Gasteiger partial charge in [-0.1, -0.05) is 62.7 Å². The van der Waals surface area contributed by atoms with Gasteiger partial charge in [-0.15, -0.1) is 0 Å². The molecule has 150 valence electrons. The lowest BCUT2D eigenvalue weighted by Gasteiger charge is -2.22. The first-order valence-electron chi connectivity index (χ1n) is 9.47. The average Bonchev–Trinajstić information content (AvgIpc) is 2.61. The normalized spacial score (nSPS) is 12.6. The predicted molar refractivity (Wildman–Crippen MR) is 119 cm³/mol. The van der Waals surface area contributed by atoms with E-state index in [0.29, 0.717) is 11.3 Å². The van der Waals surface area contributed by atoms with Crippen LogP contribution in [0.2, 0.25) is 0 Å². The van der Waals surface area contributed by atoms with Gasteiger partial charge in [0.05, 0.1) is 0 Å². The molecule has 2 amide bonds. The van der Waals surface area contributed by atoms with E-state index in [9.17, 15) is 9.59 Å². The molecule has 2 N–H and O–H groups in total. The summed E-state index contributed by atoms with van der Waals surface area (Å²) in [6.45, 7) is 12.2. The van der Waals surface area contributed by atoms with Crippen LogP contribution in [0.25, 0.3) is 0 Å². The lowest BCUT2D eigenvalue weighted by atomic mass is 9.86. The molecular weight excluding hydrogens is 416 g/mol. The van der Waals surface area contributed by atoms with Gasteiger partial charge in [-0.25, -0.2) is 0 Å². The van der Waals surface area contributed by atoms with Crippen LogP contribution in [0, 0.1) is 12.8 Å². The summed E-state index contributed by atoms with van der Waals surface area (Å²) in [6, 6.07) is 12.5. The second kappa shape index (κ2) is 8.91. The Bertz CT molecular complexity index is 852. The molecule has 5 heteroatoms. The first kappa shape index (κ1) is 22.2. The molecule has 2 aromatic carbocycles. The number of rotatable bonds is 5. The molecule has 0 spiro atoms. The summed E-state index contributed by atoms with van der Waals surface area (Å²) in [5.41, 5.74) is 3.47. The van der Waals surface area contributed by atoms with Gasteiger partial charge in [-0.3, -0.25) is 9.59 Å². The molecular formula is C23H29BrN2O2. The van der Waals surface area contributed by atoms with Crippen molar-refractivity contribution in [2.75, 3.05) is 5.32 Å². The maximum Gasteiger partial charge on any atom is 0.251 e. The van der Waals surface area contributed by atoms with Crippen LogP contribution in [-0.4, -0.2) is 17.9 Å². The number of carbonyl (C=O) groups is 2. The number of nitrogens with one attached hydrogen (secondary N) is 2. The maximum absolute atomic E-state index is 12.8. The lowest BCUT2D eigenvalue weighted by molar-refractivity contribution is -0.118. The lowest BCUT2D eigenvalue weighted by Crippen LogP contribution is -2.47. The van der Waals surface area contributed by atoms with E-state index in [1.807, 2.05) is 63.2 Å². The molecule has 0 unspecified atom stereocenters. The first-order valence-corrected chi connectivity index (χ1v) is 10.3. The minimum absolute atomic E-state index is 0.0260. The van der Waals surface area contributed by atoms with Gasteiger partial charge in [0, 0.05) is 15.7 Å². The van der Waals surface area contributed by atoms with E-state index in [-0.39, 0.29) is 23.1 Å². The largest absolute Gasteiger partial charge is 0.340 e. The molecule has 0 radical (unpaired) electrons. The van der Waals surface area contributed by atoms with E-state index < -0.39 is 6.04 Å². The van der Waals surface area contributed by atoms with Gasteiger partial charge >= 0.3 is 0 Å². The molecule has 2 rings (SSSR count). The van der Waals surface area contributed by atoms with Crippen molar-refractivity contribution in [3.63, 3.8) is 0 Å². The van der Waals surface area contributed by atoms with Crippen LogP contribution in [0.3, 0.4) is 0 Å². The minimum atomic E-state index is -0.626. The van der Waals surface area contributed by atoms with E-state index in [0.717, 1.165) is 15.6 Å². The van der Waals surface area contributed by atoms with Gasteiger partial charge in [0.1, 0.15) is 6.04 Å². The van der Waals surface area contributed by atoms with Gasteiger partial charge in [0.2, 0.25) is 5.91 Å². The summed E-state index contributed by atoms with van der Waals surface area (Å²) in [5, 5.41) is 5.78. The van der Waals surface area contributed by atoms with Crippen LogP contribution in [0.15, 0.2) is 46.9 Å². The highest BCUT2D eigenvalue weighted by Crippen LogP contribution is 2.23. The molecule has 28 heavy (non-hydrogen) atoms. The summed E-state index contributed by atoms with van der Waals surface area (Å²) in [4.78, 5) is 25.4. The van der Waals surface area contributed by atoms with Gasteiger partial charge in [-0.2, -0.15) is 0 Å². The Morgan fingerprint density at radius 2 is 1.61 bits per heavy atom. The second-order valence-electron chi connectivity index (χ2n) is 8.48. The zero-order valence-electron chi connectivity index (χ0n) is 17.4. The number of halogens is 1. The summed E-state index contributed by atoms with van der Waals surface area (Å²) < 4.78 is 0.984. The number of amides is 2. The highest BCUT2D eigenvalue weighted by Gasteiger charge is 2.25. The van der Waals surface area contributed by atoms with Crippen LogP contribution in [-0.2, 0) is 10.2 Å². The fraction of sp³-hybridized carbons (Fsp3) is 0.391. The van der Waals surface area contributed by atoms with Crippen LogP contribution in [0.5, 0.6) is 0 Å². The third-order valence-corrected chi connectivity index (χ3v) is 5.56. The number of hydrogen-bond acceptors (Lipinski definition) is 2. The fourth-order valence-corrected chi connectivity index (χ4v) is 3.07. The first-order chi connectivity index (χ1) is 13.0. The molecule has 4 nitrogen and oxygen atoms in total. The van der Waals surface area contributed by atoms with Crippen molar-refractivity contribution in [2.24, 2.45) is 5.92 Å².